The molecule has 0 bridgehead atoms. The maximum atomic E-state index is 12.9. The second kappa shape index (κ2) is 6.37. The molecular weight excluding hydrogens is 340 g/mol. The average Bonchev–Trinajstić information content (AvgIpc) is 3.39. The molecule has 2 amide bonds. The SMILES string of the molecule is Cn1cc(NC(=O)NC2c3ccccc3CC23CCOCC3)c(C2CC2)n1. The van der Waals surface area contributed by atoms with Gasteiger partial charge in [-0.3, -0.25) is 4.68 Å². The van der Waals surface area contributed by atoms with Crippen molar-refractivity contribution in [2.24, 2.45) is 12.5 Å². The van der Waals surface area contributed by atoms with Crippen LogP contribution in [0.2, 0.25) is 0 Å². The van der Waals surface area contributed by atoms with Gasteiger partial charge in [0.25, 0.3) is 0 Å². The van der Waals surface area contributed by atoms with E-state index >= 15 is 0 Å². The molecule has 5 rings (SSSR count). The lowest BCUT2D eigenvalue weighted by Crippen LogP contribution is -2.43. The number of benzene rings is 1. The van der Waals surface area contributed by atoms with E-state index in [0.29, 0.717) is 5.92 Å². The van der Waals surface area contributed by atoms with E-state index < -0.39 is 0 Å². The smallest absolute Gasteiger partial charge is 0.319 e. The fourth-order valence-corrected chi connectivity index (χ4v) is 4.81. The van der Waals surface area contributed by atoms with Crippen LogP contribution in [0.25, 0.3) is 0 Å². The molecular formula is C21H26N4O2. The molecule has 1 unspecified atom stereocenters. The third kappa shape index (κ3) is 3.02. The number of carbonyl (C=O) groups is 1. The van der Waals surface area contributed by atoms with Crippen LogP contribution in [0.15, 0.2) is 30.5 Å². The number of hydrogen-bond acceptors (Lipinski definition) is 3. The molecule has 1 aliphatic heterocycles. The monoisotopic (exact) mass is 366 g/mol. The summed E-state index contributed by atoms with van der Waals surface area (Å²) in [6.45, 7) is 1.53. The highest BCUT2D eigenvalue weighted by atomic mass is 16.5. The number of aryl methyl sites for hydroxylation is 1. The highest BCUT2D eigenvalue weighted by Gasteiger charge is 2.47. The van der Waals surface area contributed by atoms with Crippen LogP contribution in [0.4, 0.5) is 10.5 Å². The Kier molecular flexibility index (Phi) is 3.97. The summed E-state index contributed by atoms with van der Waals surface area (Å²) >= 11 is 0. The maximum Gasteiger partial charge on any atom is 0.319 e. The Morgan fingerprint density at radius 2 is 2.04 bits per heavy atom. The van der Waals surface area contributed by atoms with Crippen LogP contribution in [-0.4, -0.2) is 29.0 Å². The van der Waals surface area contributed by atoms with Gasteiger partial charge in [0, 0.05) is 37.8 Å². The lowest BCUT2D eigenvalue weighted by molar-refractivity contribution is 0.00245. The normalized spacial score (nSPS) is 23.2. The molecule has 6 nitrogen and oxygen atoms in total. The minimum atomic E-state index is -0.141. The van der Waals surface area contributed by atoms with E-state index in [1.54, 1.807) is 4.68 Å². The number of fused-ring (bicyclic) bond motifs is 1. The molecule has 1 aromatic carbocycles. The molecule has 2 aliphatic carbocycles. The Bertz CT molecular complexity index is 865. The minimum Gasteiger partial charge on any atom is -0.381 e. The number of ether oxygens (including phenoxy) is 1. The van der Waals surface area contributed by atoms with Gasteiger partial charge in [-0.1, -0.05) is 24.3 Å². The summed E-state index contributed by atoms with van der Waals surface area (Å²) in [5.41, 5.74) is 4.52. The van der Waals surface area contributed by atoms with Crippen molar-refractivity contribution in [3.63, 3.8) is 0 Å². The van der Waals surface area contributed by atoms with Crippen molar-refractivity contribution >= 4 is 11.7 Å². The number of nitrogens with zero attached hydrogens (tertiary/aromatic N) is 2. The van der Waals surface area contributed by atoms with Gasteiger partial charge >= 0.3 is 6.03 Å². The van der Waals surface area contributed by atoms with Crippen LogP contribution in [0.1, 0.15) is 54.5 Å². The van der Waals surface area contributed by atoms with Crippen molar-refractivity contribution in [2.45, 2.75) is 44.1 Å². The topological polar surface area (TPSA) is 68.2 Å². The Hall–Kier alpha value is -2.34. The Morgan fingerprint density at radius 3 is 2.81 bits per heavy atom. The molecule has 27 heavy (non-hydrogen) atoms. The highest BCUT2D eigenvalue weighted by molar-refractivity contribution is 5.90. The van der Waals surface area contributed by atoms with E-state index in [2.05, 4.69) is 40.0 Å². The van der Waals surface area contributed by atoms with Crippen molar-refractivity contribution in [1.29, 1.82) is 0 Å². The number of nitrogens with one attached hydrogen (secondary N) is 2. The molecule has 2 fully saturated rings. The molecule has 1 atom stereocenters. The second-order valence-electron chi connectivity index (χ2n) is 8.26. The number of anilines is 1. The summed E-state index contributed by atoms with van der Waals surface area (Å²) in [5, 5.41) is 10.9. The van der Waals surface area contributed by atoms with E-state index in [1.165, 1.54) is 11.1 Å². The van der Waals surface area contributed by atoms with Crippen LogP contribution in [0, 0.1) is 5.41 Å². The summed E-state index contributed by atoms with van der Waals surface area (Å²) in [6, 6.07) is 8.39. The van der Waals surface area contributed by atoms with Crippen LogP contribution in [-0.2, 0) is 18.2 Å². The summed E-state index contributed by atoms with van der Waals surface area (Å²) in [6.07, 6.45) is 7.19. The fourth-order valence-electron chi connectivity index (χ4n) is 4.81. The predicted molar refractivity (Wildman–Crippen MR) is 103 cm³/mol. The first kappa shape index (κ1) is 16.8. The van der Waals surface area contributed by atoms with Crippen LogP contribution in [0.5, 0.6) is 0 Å². The molecule has 2 N–H and O–H groups in total. The first-order valence-corrected chi connectivity index (χ1v) is 9.91. The molecule has 1 aromatic heterocycles. The average molecular weight is 366 g/mol. The van der Waals surface area contributed by atoms with Gasteiger partial charge in [-0.05, 0) is 43.2 Å². The largest absolute Gasteiger partial charge is 0.381 e. The standard InChI is InChI=1S/C21H26N4O2/c1-25-13-17(18(24-25)14-6-7-14)22-20(26)23-19-16-5-3-2-4-15(16)12-21(19)8-10-27-11-9-21/h2-5,13-14,19H,6-12H2,1H3,(H2,22,23,26). The minimum absolute atomic E-state index is 0.0265. The zero-order valence-corrected chi connectivity index (χ0v) is 15.7. The Morgan fingerprint density at radius 1 is 1.26 bits per heavy atom. The van der Waals surface area contributed by atoms with E-state index in [9.17, 15) is 4.79 Å². The lowest BCUT2D eigenvalue weighted by atomic mass is 9.74. The van der Waals surface area contributed by atoms with Crippen molar-refractivity contribution in [1.82, 2.24) is 15.1 Å². The van der Waals surface area contributed by atoms with Crippen molar-refractivity contribution in [3.8, 4) is 0 Å². The van der Waals surface area contributed by atoms with Gasteiger partial charge in [0.2, 0.25) is 0 Å². The molecule has 1 spiro atoms. The number of aromatic nitrogens is 2. The first-order chi connectivity index (χ1) is 13.1. The molecule has 2 heterocycles. The summed E-state index contributed by atoms with van der Waals surface area (Å²) in [5.74, 6) is 0.496. The van der Waals surface area contributed by atoms with E-state index in [4.69, 9.17) is 4.74 Å². The third-order valence-corrected chi connectivity index (χ3v) is 6.35. The van der Waals surface area contributed by atoms with Gasteiger partial charge in [-0.25, -0.2) is 4.79 Å². The first-order valence-electron chi connectivity index (χ1n) is 9.91. The predicted octanol–water partition coefficient (Wildman–Crippen LogP) is 3.51. The van der Waals surface area contributed by atoms with Crippen LogP contribution >= 0.6 is 0 Å². The summed E-state index contributed by atoms with van der Waals surface area (Å²) in [4.78, 5) is 12.9. The third-order valence-electron chi connectivity index (χ3n) is 6.35. The lowest BCUT2D eigenvalue weighted by Gasteiger charge is -2.39. The van der Waals surface area contributed by atoms with Crippen molar-refractivity contribution in [3.05, 3.63) is 47.3 Å². The summed E-state index contributed by atoms with van der Waals surface area (Å²) < 4.78 is 7.40. The fraction of sp³-hybridized carbons (Fsp3) is 0.524. The molecule has 6 heteroatoms. The van der Waals surface area contributed by atoms with Crippen LogP contribution in [0.3, 0.4) is 0 Å². The zero-order valence-electron chi connectivity index (χ0n) is 15.7. The van der Waals surface area contributed by atoms with Gasteiger partial charge in [0.05, 0.1) is 17.4 Å². The number of carbonyl (C=O) groups excluding carboxylic acids is 1. The number of hydrogen-bond donors (Lipinski definition) is 2. The zero-order chi connectivity index (χ0) is 18.4. The quantitative estimate of drug-likeness (QED) is 0.873. The van der Waals surface area contributed by atoms with E-state index in [0.717, 1.165) is 56.7 Å². The molecule has 0 radical (unpaired) electrons. The second-order valence-corrected chi connectivity index (χ2v) is 8.26. The van der Waals surface area contributed by atoms with Gasteiger partial charge in [-0.15, -0.1) is 0 Å². The summed E-state index contributed by atoms with van der Waals surface area (Å²) in [7, 11) is 1.90. The van der Waals surface area contributed by atoms with Crippen molar-refractivity contribution < 1.29 is 9.53 Å². The highest BCUT2D eigenvalue weighted by Crippen LogP contribution is 2.51. The Balaban J connectivity index is 1.38. The molecule has 2 aromatic rings. The molecule has 142 valence electrons. The van der Waals surface area contributed by atoms with E-state index in [1.807, 2.05) is 13.2 Å². The Labute approximate surface area is 159 Å². The van der Waals surface area contributed by atoms with Crippen molar-refractivity contribution in [2.75, 3.05) is 18.5 Å². The number of rotatable bonds is 3. The van der Waals surface area contributed by atoms with E-state index in [-0.39, 0.29) is 17.5 Å². The molecule has 1 saturated carbocycles. The van der Waals surface area contributed by atoms with Crippen LogP contribution < -0.4 is 10.6 Å². The molecule has 1 saturated heterocycles. The molecule has 3 aliphatic rings. The van der Waals surface area contributed by atoms with Gasteiger partial charge in [-0.2, -0.15) is 5.10 Å². The number of amides is 2. The number of urea groups is 1. The maximum absolute atomic E-state index is 12.9. The van der Waals surface area contributed by atoms with Gasteiger partial charge in [0.15, 0.2) is 0 Å². The van der Waals surface area contributed by atoms with Gasteiger partial charge < -0.3 is 15.4 Å². The van der Waals surface area contributed by atoms with Gasteiger partial charge in [0.1, 0.15) is 0 Å².